The Bertz CT molecular complexity index is 462. The van der Waals surface area contributed by atoms with Crippen LogP contribution >= 0.6 is 0 Å². The second-order valence-electron chi connectivity index (χ2n) is 6.33. The molecule has 110 valence electrons. The Hall–Kier alpha value is -1.09. The Kier molecular flexibility index (Phi) is 3.72. The third-order valence-corrected chi connectivity index (χ3v) is 5.07. The van der Waals surface area contributed by atoms with Crippen molar-refractivity contribution in [1.82, 2.24) is 0 Å². The molecule has 0 heterocycles. The van der Waals surface area contributed by atoms with E-state index in [4.69, 9.17) is 4.74 Å². The summed E-state index contributed by atoms with van der Waals surface area (Å²) in [6.07, 6.45) is 6.51. The van der Waals surface area contributed by atoms with Crippen LogP contribution in [0.15, 0.2) is 18.2 Å². The number of rotatable bonds is 4. The van der Waals surface area contributed by atoms with Crippen molar-refractivity contribution in [3.8, 4) is 0 Å². The van der Waals surface area contributed by atoms with Gasteiger partial charge < -0.3 is 10.1 Å². The predicted molar refractivity (Wildman–Crippen MR) is 79.5 cm³/mol. The van der Waals surface area contributed by atoms with E-state index in [1.54, 1.807) is 12.1 Å². The van der Waals surface area contributed by atoms with Crippen molar-refractivity contribution in [2.45, 2.75) is 58.1 Å². The number of ether oxygens (including phenoxy) is 1. The molecule has 0 aromatic heterocycles. The van der Waals surface area contributed by atoms with E-state index in [-0.39, 0.29) is 11.2 Å². The van der Waals surface area contributed by atoms with Crippen LogP contribution in [0.3, 0.4) is 0 Å². The highest BCUT2D eigenvalue weighted by molar-refractivity contribution is 5.48. The second-order valence-corrected chi connectivity index (χ2v) is 6.33. The molecule has 1 aromatic carbocycles. The van der Waals surface area contributed by atoms with Gasteiger partial charge in [-0.15, -0.1) is 0 Å². The highest BCUT2D eigenvalue weighted by Crippen LogP contribution is 2.55. The van der Waals surface area contributed by atoms with Gasteiger partial charge >= 0.3 is 0 Å². The summed E-state index contributed by atoms with van der Waals surface area (Å²) in [7, 11) is 0. The fourth-order valence-electron chi connectivity index (χ4n) is 4.11. The summed E-state index contributed by atoms with van der Waals surface area (Å²) in [6, 6.07) is 5.63. The van der Waals surface area contributed by atoms with Gasteiger partial charge in [0.1, 0.15) is 5.82 Å². The minimum Gasteiger partial charge on any atom is -0.381 e. The lowest BCUT2D eigenvalue weighted by molar-refractivity contribution is -0.114. The van der Waals surface area contributed by atoms with Crippen LogP contribution in [0.2, 0.25) is 0 Å². The predicted octanol–water partition coefficient (Wildman–Crippen LogP) is 4.28. The van der Waals surface area contributed by atoms with Gasteiger partial charge in [0.05, 0.1) is 6.10 Å². The van der Waals surface area contributed by atoms with E-state index < -0.39 is 0 Å². The SMILES string of the molecule is CCOC1CC(Nc2cc(C)cc(F)c2)C12CCCC2. The molecule has 0 bridgehead atoms. The molecule has 2 saturated carbocycles. The van der Waals surface area contributed by atoms with E-state index in [9.17, 15) is 4.39 Å². The molecule has 2 atom stereocenters. The van der Waals surface area contributed by atoms with Crippen LogP contribution in [-0.2, 0) is 4.74 Å². The number of hydrogen-bond donors (Lipinski definition) is 1. The van der Waals surface area contributed by atoms with Crippen LogP contribution in [0.25, 0.3) is 0 Å². The van der Waals surface area contributed by atoms with Crippen molar-refractivity contribution < 1.29 is 9.13 Å². The molecule has 3 rings (SSSR count). The van der Waals surface area contributed by atoms with Gasteiger partial charge in [-0.1, -0.05) is 12.8 Å². The first kappa shape index (κ1) is 13.9. The summed E-state index contributed by atoms with van der Waals surface area (Å²) in [4.78, 5) is 0. The highest BCUT2D eigenvalue weighted by Gasteiger charge is 2.56. The molecule has 2 aliphatic carbocycles. The standard InChI is InChI=1S/C17H24FNO/c1-3-20-16-11-15(17(16)6-4-5-7-17)19-14-9-12(2)8-13(18)10-14/h8-10,15-16,19H,3-7,11H2,1-2H3. The topological polar surface area (TPSA) is 21.3 Å². The van der Waals surface area contributed by atoms with Gasteiger partial charge in [0.25, 0.3) is 0 Å². The maximum Gasteiger partial charge on any atom is 0.125 e. The summed E-state index contributed by atoms with van der Waals surface area (Å²) in [5, 5.41) is 3.56. The average Bonchev–Trinajstić information content (AvgIpc) is 2.88. The first-order valence-corrected chi connectivity index (χ1v) is 7.79. The molecule has 0 radical (unpaired) electrons. The van der Waals surface area contributed by atoms with Gasteiger partial charge in [0, 0.05) is 23.8 Å². The summed E-state index contributed by atoms with van der Waals surface area (Å²) >= 11 is 0. The van der Waals surface area contributed by atoms with Gasteiger partial charge in [-0.3, -0.25) is 0 Å². The molecule has 2 unspecified atom stereocenters. The molecule has 2 aliphatic rings. The zero-order valence-electron chi connectivity index (χ0n) is 12.4. The molecule has 3 heteroatoms. The van der Waals surface area contributed by atoms with Crippen molar-refractivity contribution >= 4 is 5.69 Å². The summed E-state index contributed by atoms with van der Waals surface area (Å²) in [5.41, 5.74) is 2.17. The molecule has 0 aliphatic heterocycles. The van der Waals surface area contributed by atoms with Gasteiger partial charge in [0.15, 0.2) is 0 Å². The van der Waals surface area contributed by atoms with E-state index in [2.05, 4.69) is 12.2 Å². The minimum absolute atomic E-state index is 0.159. The van der Waals surface area contributed by atoms with E-state index in [1.165, 1.54) is 25.7 Å². The first-order chi connectivity index (χ1) is 9.64. The molecule has 1 spiro atoms. The highest BCUT2D eigenvalue weighted by atomic mass is 19.1. The van der Waals surface area contributed by atoms with E-state index in [0.29, 0.717) is 12.1 Å². The van der Waals surface area contributed by atoms with Gasteiger partial charge in [-0.05, 0) is 56.9 Å². The normalized spacial score (nSPS) is 27.6. The number of nitrogens with one attached hydrogen (secondary N) is 1. The Labute approximate surface area is 120 Å². The Morgan fingerprint density at radius 1 is 1.30 bits per heavy atom. The van der Waals surface area contributed by atoms with Crippen LogP contribution in [0, 0.1) is 18.2 Å². The van der Waals surface area contributed by atoms with Crippen molar-refractivity contribution in [2.24, 2.45) is 5.41 Å². The molecule has 2 nitrogen and oxygen atoms in total. The monoisotopic (exact) mass is 277 g/mol. The molecule has 2 fully saturated rings. The van der Waals surface area contributed by atoms with Crippen LogP contribution < -0.4 is 5.32 Å². The van der Waals surface area contributed by atoms with Gasteiger partial charge in [-0.2, -0.15) is 0 Å². The van der Waals surface area contributed by atoms with E-state index >= 15 is 0 Å². The number of halogens is 1. The number of anilines is 1. The fourth-order valence-corrected chi connectivity index (χ4v) is 4.11. The lowest BCUT2D eigenvalue weighted by atomic mass is 9.60. The van der Waals surface area contributed by atoms with E-state index in [1.807, 2.05) is 13.0 Å². The third kappa shape index (κ3) is 2.32. The third-order valence-electron chi connectivity index (χ3n) is 5.07. The molecule has 1 aromatic rings. The van der Waals surface area contributed by atoms with Crippen molar-refractivity contribution in [3.05, 3.63) is 29.6 Å². The minimum atomic E-state index is -0.159. The lowest BCUT2D eigenvalue weighted by Gasteiger charge is -2.54. The zero-order valence-corrected chi connectivity index (χ0v) is 12.4. The van der Waals surface area contributed by atoms with Crippen LogP contribution in [-0.4, -0.2) is 18.8 Å². The molecule has 0 amide bonds. The maximum absolute atomic E-state index is 13.5. The van der Waals surface area contributed by atoms with Crippen LogP contribution in [0.1, 0.15) is 44.6 Å². The molecule has 20 heavy (non-hydrogen) atoms. The van der Waals surface area contributed by atoms with Gasteiger partial charge in [-0.25, -0.2) is 4.39 Å². The van der Waals surface area contributed by atoms with Crippen LogP contribution in [0.5, 0.6) is 0 Å². The summed E-state index contributed by atoms with van der Waals surface area (Å²) in [5.74, 6) is -0.159. The zero-order chi connectivity index (χ0) is 14.2. The molecule has 0 saturated heterocycles. The van der Waals surface area contributed by atoms with Crippen molar-refractivity contribution in [3.63, 3.8) is 0 Å². The molecule has 1 N–H and O–H groups in total. The molecular weight excluding hydrogens is 253 g/mol. The Balaban J connectivity index is 1.74. The fraction of sp³-hybridized carbons (Fsp3) is 0.647. The van der Waals surface area contributed by atoms with Crippen molar-refractivity contribution in [2.75, 3.05) is 11.9 Å². The molecular formula is C17H24FNO. The average molecular weight is 277 g/mol. The van der Waals surface area contributed by atoms with E-state index in [0.717, 1.165) is 24.3 Å². The Morgan fingerprint density at radius 3 is 2.70 bits per heavy atom. The Morgan fingerprint density at radius 2 is 2.05 bits per heavy atom. The quantitative estimate of drug-likeness (QED) is 0.886. The number of benzene rings is 1. The number of hydrogen-bond acceptors (Lipinski definition) is 2. The largest absolute Gasteiger partial charge is 0.381 e. The maximum atomic E-state index is 13.5. The summed E-state index contributed by atoms with van der Waals surface area (Å²) < 4.78 is 19.4. The van der Waals surface area contributed by atoms with Crippen LogP contribution in [0.4, 0.5) is 10.1 Å². The first-order valence-electron chi connectivity index (χ1n) is 7.79. The second kappa shape index (κ2) is 5.36. The van der Waals surface area contributed by atoms with Gasteiger partial charge in [0.2, 0.25) is 0 Å². The summed E-state index contributed by atoms with van der Waals surface area (Å²) in [6.45, 7) is 4.79. The smallest absolute Gasteiger partial charge is 0.125 e. The number of aryl methyl sites for hydroxylation is 1. The lowest BCUT2D eigenvalue weighted by Crippen LogP contribution is -2.60. The van der Waals surface area contributed by atoms with Crippen molar-refractivity contribution in [1.29, 1.82) is 0 Å².